The van der Waals surface area contributed by atoms with Crippen molar-refractivity contribution in [2.24, 2.45) is 0 Å². The molecule has 122 valence electrons. The second-order valence-corrected chi connectivity index (χ2v) is 5.22. The summed E-state index contributed by atoms with van der Waals surface area (Å²) in [4.78, 5) is 7.98. The molecule has 0 aliphatic carbocycles. The fourth-order valence-corrected chi connectivity index (χ4v) is 2.46. The number of ether oxygens (including phenoxy) is 1. The number of aryl methyl sites for hydroxylation is 2. The zero-order valence-electron chi connectivity index (χ0n) is 11.6. The van der Waals surface area contributed by atoms with E-state index in [9.17, 15) is 13.2 Å². The van der Waals surface area contributed by atoms with Crippen LogP contribution in [0.4, 0.5) is 13.2 Å². The van der Waals surface area contributed by atoms with Crippen LogP contribution in [0.25, 0.3) is 11.0 Å². The van der Waals surface area contributed by atoms with E-state index in [1.165, 1.54) is 0 Å². The maximum atomic E-state index is 12.0. The lowest BCUT2D eigenvalue weighted by Gasteiger charge is -2.08. The van der Waals surface area contributed by atoms with Crippen molar-refractivity contribution < 1.29 is 17.9 Å². The zero-order valence-corrected chi connectivity index (χ0v) is 13.1. The molecule has 0 saturated heterocycles. The van der Waals surface area contributed by atoms with Gasteiger partial charge in [0.15, 0.2) is 5.15 Å². The minimum absolute atomic E-state index is 0.0280. The summed E-state index contributed by atoms with van der Waals surface area (Å²) in [5.74, 6) is 0. The monoisotopic (exact) mass is 356 g/mol. The van der Waals surface area contributed by atoms with Crippen LogP contribution in [0.2, 0.25) is 10.4 Å². The molecule has 0 aliphatic heterocycles. The number of hydrogen-bond acceptors (Lipinski definition) is 4. The average Bonchev–Trinajstić information content (AvgIpc) is 2.75. The van der Waals surface area contributed by atoms with Crippen molar-refractivity contribution in [3.63, 3.8) is 0 Å². The van der Waals surface area contributed by atoms with Gasteiger partial charge in [-0.05, 0) is 24.4 Å². The highest BCUT2D eigenvalue weighted by molar-refractivity contribution is 6.35. The first-order valence-corrected chi connectivity index (χ1v) is 7.30. The van der Waals surface area contributed by atoms with E-state index in [0.717, 1.165) is 0 Å². The summed E-state index contributed by atoms with van der Waals surface area (Å²) >= 11 is 11.8. The summed E-state index contributed by atoms with van der Waals surface area (Å²) in [5, 5.41) is 4.54. The van der Waals surface area contributed by atoms with Crippen LogP contribution in [0.3, 0.4) is 0 Å². The molecule has 2 aromatic rings. The van der Waals surface area contributed by atoms with Gasteiger partial charge >= 0.3 is 6.18 Å². The lowest BCUT2D eigenvalue weighted by Crippen LogP contribution is -2.18. The molecule has 0 saturated carbocycles. The van der Waals surface area contributed by atoms with Gasteiger partial charge in [-0.3, -0.25) is 4.68 Å². The Bertz CT molecular complexity index is 660. The second-order valence-electron chi connectivity index (χ2n) is 4.53. The summed E-state index contributed by atoms with van der Waals surface area (Å²) in [6.45, 7) is 0.961. The first-order valence-electron chi connectivity index (χ1n) is 6.54. The van der Waals surface area contributed by atoms with Crippen LogP contribution < -0.4 is 0 Å². The van der Waals surface area contributed by atoms with E-state index >= 15 is 0 Å². The molecule has 0 bridgehead atoms. The Balaban J connectivity index is 2.08. The van der Waals surface area contributed by atoms with Gasteiger partial charge in [0.1, 0.15) is 17.6 Å². The maximum Gasteiger partial charge on any atom is 0.411 e. The van der Waals surface area contributed by atoms with E-state index in [2.05, 4.69) is 19.8 Å². The van der Waals surface area contributed by atoms with E-state index < -0.39 is 12.8 Å². The molecule has 0 fully saturated rings. The molecule has 10 heteroatoms. The van der Waals surface area contributed by atoms with Crippen molar-refractivity contribution in [3.8, 4) is 0 Å². The predicted molar refractivity (Wildman–Crippen MR) is 76.2 cm³/mol. The molecular weight excluding hydrogens is 344 g/mol. The van der Waals surface area contributed by atoms with Crippen LogP contribution in [-0.4, -0.2) is 39.1 Å². The fraction of sp³-hybridized carbons (Fsp3) is 0.583. The third-order valence-electron chi connectivity index (χ3n) is 2.85. The van der Waals surface area contributed by atoms with Crippen molar-refractivity contribution in [3.05, 3.63) is 16.1 Å². The van der Waals surface area contributed by atoms with E-state index in [1.807, 2.05) is 6.92 Å². The molecule has 2 aromatic heterocycles. The summed E-state index contributed by atoms with van der Waals surface area (Å²) in [6, 6.07) is 0. The van der Waals surface area contributed by atoms with Crippen molar-refractivity contribution in [1.29, 1.82) is 0 Å². The lowest BCUT2D eigenvalue weighted by atomic mass is 10.3. The number of rotatable bonds is 6. The Morgan fingerprint density at radius 3 is 2.59 bits per heavy atom. The molecule has 2 rings (SSSR count). The molecule has 0 amide bonds. The highest BCUT2D eigenvalue weighted by atomic mass is 35.5. The maximum absolute atomic E-state index is 12.0. The van der Waals surface area contributed by atoms with E-state index in [4.69, 9.17) is 23.2 Å². The molecule has 0 N–H and O–H groups in total. The number of alkyl halides is 3. The number of nitrogens with zero attached hydrogens (tertiary/aromatic N) is 4. The summed E-state index contributed by atoms with van der Waals surface area (Å²) < 4.78 is 42.0. The Labute approximate surface area is 134 Å². The predicted octanol–water partition coefficient (Wildman–Crippen LogP) is 3.66. The van der Waals surface area contributed by atoms with Gasteiger partial charge < -0.3 is 4.74 Å². The number of halogens is 5. The van der Waals surface area contributed by atoms with Crippen LogP contribution in [-0.2, 0) is 17.7 Å². The highest BCUT2D eigenvalue weighted by Gasteiger charge is 2.27. The van der Waals surface area contributed by atoms with Crippen LogP contribution >= 0.6 is 23.2 Å². The fourth-order valence-electron chi connectivity index (χ4n) is 1.98. The molecule has 22 heavy (non-hydrogen) atoms. The number of hydrogen-bond donors (Lipinski definition) is 0. The van der Waals surface area contributed by atoms with Gasteiger partial charge in [0.05, 0.1) is 5.69 Å². The highest BCUT2D eigenvalue weighted by Crippen LogP contribution is 2.25. The third-order valence-corrected chi connectivity index (χ3v) is 3.28. The van der Waals surface area contributed by atoms with Crippen LogP contribution in [0.5, 0.6) is 0 Å². The van der Waals surface area contributed by atoms with Crippen LogP contribution in [0.15, 0.2) is 0 Å². The second kappa shape index (κ2) is 6.97. The molecule has 2 heterocycles. The Morgan fingerprint density at radius 2 is 1.95 bits per heavy atom. The largest absolute Gasteiger partial charge is 0.411 e. The van der Waals surface area contributed by atoms with Crippen LogP contribution in [0, 0.1) is 0 Å². The Morgan fingerprint density at radius 1 is 1.23 bits per heavy atom. The van der Waals surface area contributed by atoms with E-state index in [1.54, 1.807) is 4.68 Å². The van der Waals surface area contributed by atoms with Crippen molar-refractivity contribution in [1.82, 2.24) is 19.7 Å². The van der Waals surface area contributed by atoms with E-state index in [0.29, 0.717) is 36.1 Å². The summed E-state index contributed by atoms with van der Waals surface area (Å²) in [6.07, 6.45) is -3.34. The molecule has 0 atom stereocenters. The van der Waals surface area contributed by atoms with Gasteiger partial charge in [0, 0.05) is 13.2 Å². The topological polar surface area (TPSA) is 52.8 Å². The smallest absolute Gasteiger partial charge is 0.372 e. The first kappa shape index (κ1) is 17.2. The van der Waals surface area contributed by atoms with Gasteiger partial charge in [0.2, 0.25) is 5.28 Å². The standard InChI is InChI=1S/C12H13Cl2F3N4O/c1-2-7-8-9(10(13)19-11(14)18-8)21(20-7)4-3-5-22-6-12(15,16)17/h2-6H2,1H3. The van der Waals surface area contributed by atoms with Crippen molar-refractivity contribution in [2.75, 3.05) is 13.2 Å². The normalized spacial score (nSPS) is 12.3. The SMILES string of the molecule is CCc1nn(CCCOCC(F)(F)F)c2c(Cl)nc(Cl)nc12. The molecule has 5 nitrogen and oxygen atoms in total. The van der Waals surface area contributed by atoms with Crippen LogP contribution in [0.1, 0.15) is 19.0 Å². The first-order chi connectivity index (χ1) is 10.3. The Kier molecular flexibility index (Phi) is 5.46. The van der Waals surface area contributed by atoms with Gasteiger partial charge in [-0.2, -0.15) is 18.3 Å². The molecule has 0 aliphatic rings. The molecule has 0 radical (unpaired) electrons. The third kappa shape index (κ3) is 4.21. The average molecular weight is 357 g/mol. The molecular formula is C12H13Cl2F3N4O. The lowest BCUT2D eigenvalue weighted by molar-refractivity contribution is -0.174. The minimum Gasteiger partial charge on any atom is -0.372 e. The number of fused-ring (bicyclic) bond motifs is 1. The summed E-state index contributed by atoms with van der Waals surface area (Å²) in [5.41, 5.74) is 1.79. The van der Waals surface area contributed by atoms with E-state index in [-0.39, 0.29) is 17.0 Å². The van der Waals surface area contributed by atoms with Gasteiger partial charge in [-0.1, -0.05) is 18.5 Å². The summed E-state index contributed by atoms with van der Waals surface area (Å²) in [7, 11) is 0. The number of aromatic nitrogens is 4. The van der Waals surface area contributed by atoms with Gasteiger partial charge in [-0.15, -0.1) is 0 Å². The quantitative estimate of drug-likeness (QED) is 0.450. The Hall–Kier alpha value is -1.12. The van der Waals surface area contributed by atoms with Gasteiger partial charge in [-0.25, -0.2) is 9.97 Å². The molecule has 0 unspecified atom stereocenters. The zero-order chi connectivity index (χ0) is 16.3. The van der Waals surface area contributed by atoms with Gasteiger partial charge in [0.25, 0.3) is 0 Å². The minimum atomic E-state index is -4.32. The molecule has 0 aromatic carbocycles. The molecule has 0 spiro atoms. The van der Waals surface area contributed by atoms with Crippen molar-refractivity contribution >= 4 is 34.2 Å². The van der Waals surface area contributed by atoms with Crippen molar-refractivity contribution in [2.45, 2.75) is 32.5 Å².